The second-order valence-corrected chi connectivity index (χ2v) is 5.36. The average molecular weight is 273 g/mol. The molecule has 0 radical (unpaired) electrons. The van der Waals surface area contributed by atoms with Gasteiger partial charge in [-0.2, -0.15) is 11.8 Å². The van der Waals surface area contributed by atoms with E-state index in [9.17, 15) is 9.59 Å². The molecule has 0 bridgehead atoms. The van der Waals surface area contributed by atoms with Gasteiger partial charge in [-0.1, -0.05) is 12.5 Å². The molecule has 0 saturated heterocycles. The highest BCUT2D eigenvalue weighted by atomic mass is 32.2. The summed E-state index contributed by atoms with van der Waals surface area (Å²) in [6.07, 6.45) is 6.98. The zero-order chi connectivity index (χ0) is 13.8. The van der Waals surface area contributed by atoms with Crippen LogP contribution in [-0.2, 0) is 9.59 Å². The fourth-order valence-electron chi connectivity index (χ4n) is 1.48. The van der Waals surface area contributed by atoms with Gasteiger partial charge in [-0.15, -0.1) is 6.58 Å². The Morgan fingerprint density at radius 3 is 2.61 bits per heavy atom. The molecule has 0 aromatic carbocycles. The van der Waals surface area contributed by atoms with E-state index in [4.69, 9.17) is 5.11 Å². The molecule has 18 heavy (non-hydrogen) atoms. The molecule has 0 fully saturated rings. The third-order valence-corrected chi connectivity index (χ3v) is 3.53. The standard InChI is InChI=1S/C13H23NO3S/c1-3-4-5-6-7-9-18-10-8-12(13(16)17)14-11(2)15/h3,12H,1,4-10H2,2H3,(H,14,15)(H,16,17). The zero-order valence-electron chi connectivity index (χ0n) is 11.0. The third-order valence-electron chi connectivity index (χ3n) is 2.42. The topological polar surface area (TPSA) is 66.4 Å². The van der Waals surface area contributed by atoms with Crippen LogP contribution < -0.4 is 5.32 Å². The van der Waals surface area contributed by atoms with Gasteiger partial charge in [-0.05, 0) is 37.2 Å². The van der Waals surface area contributed by atoms with E-state index in [1.54, 1.807) is 11.8 Å². The molecule has 0 aromatic heterocycles. The second-order valence-electron chi connectivity index (χ2n) is 4.13. The van der Waals surface area contributed by atoms with E-state index in [0.717, 1.165) is 24.3 Å². The molecule has 1 amide bonds. The van der Waals surface area contributed by atoms with Crippen LogP contribution in [-0.4, -0.2) is 34.5 Å². The number of thioether (sulfide) groups is 1. The minimum atomic E-state index is -0.961. The number of hydrogen-bond donors (Lipinski definition) is 2. The molecule has 0 aliphatic rings. The van der Waals surface area contributed by atoms with E-state index in [1.165, 1.54) is 19.8 Å². The third kappa shape index (κ3) is 10.2. The molecule has 0 aliphatic heterocycles. The molecule has 5 heteroatoms. The van der Waals surface area contributed by atoms with Gasteiger partial charge in [0.1, 0.15) is 6.04 Å². The lowest BCUT2D eigenvalue weighted by atomic mass is 10.2. The number of carbonyl (C=O) groups excluding carboxylic acids is 1. The van der Waals surface area contributed by atoms with Crippen molar-refractivity contribution in [3.05, 3.63) is 12.7 Å². The minimum Gasteiger partial charge on any atom is -0.480 e. The number of amides is 1. The SMILES string of the molecule is C=CCCCCCSCCC(NC(C)=O)C(=O)O. The maximum atomic E-state index is 10.8. The highest BCUT2D eigenvalue weighted by Crippen LogP contribution is 2.10. The van der Waals surface area contributed by atoms with Gasteiger partial charge in [-0.25, -0.2) is 4.79 Å². The summed E-state index contributed by atoms with van der Waals surface area (Å²) in [6, 6.07) is -0.754. The summed E-state index contributed by atoms with van der Waals surface area (Å²) in [4.78, 5) is 21.6. The number of hydrogen-bond acceptors (Lipinski definition) is 3. The molecule has 104 valence electrons. The van der Waals surface area contributed by atoms with Crippen molar-refractivity contribution in [2.75, 3.05) is 11.5 Å². The monoisotopic (exact) mass is 273 g/mol. The predicted molar refractivity (Wildman–Crippen MR) is 75.8 cm³/mol. The fourth-order valence-corrected chi connectivity index (χ4v) is 2.49. The van der Waals surface area contributed by atoms with Gasteiger partial charge in [-0.3, -0.25) is 4.79 Å². The first-order chi connectivity index (χ1) is 8.57. The van der Waals surface area contributed by atoms with Crippen molar-refractivity contribution in [2.24, 2.45) is 0 Å². The molecule has 0 aliphatic carbocycles. The number of allylic oxidation sites excluding steroid dienone is 1. The van der Waals surface area contributed by atoms with Gasteiger partial charge in [0.05, 0.1) is 0 Å². The summed E-state index contributed by atoms with van der Waals surface area (Å²) in [6.45, 7) is 5.01. The molecule has 0 heterocycles. The van der Waals surface area contributed by atoms with Crippen LogP contribution in [0.25, 0.3) is 0 Å². The quantitative estimate of drug-likeness (QED) is 0.448. The largest absolute Gasteiger partial charge is 0.480 e. The molecular weight excluding hydrogens is 250 g/mol. The first-order valence-corrected chi connectivity index (χ1v) is 7.42. The van der Waals surface area contributed by atoms with Crippen molar-refractivity contribution >= 4 is 23.6 Å². The summed E-state index contributed by atoms with van der Waals surface area (Å²) in [5, 5.41) is 11.3. The number of aliphatic carboxylic acids is 1. The first-order valence-electron chi connectivity index (χ1n) is 6.26. The number of carbonyl (C=O) groups is 2. The van der Waals surface area contributed by atoms with Crippen LogP contribution in [0.2, 0.25) is 0 Å². The van der Waals surface area contributed by atoms with Crippen LogP contribution in [0.15, 0.2) is 12.7 Å². The van der Waals surface area contributed by atoms with E-state index >= 15 is 0 Å². The smallest absolute Gasteiger partial charge is 0.326 e. The Bertz CT molecular complexity index is 269. The van der Waals surface area contributed by atoms with Crippen molar-refractivity contribution in [3.63, 3.8) is 0 Å². The maximum absolute atomic E-state index is 10.8. The van der Waals surface area contributed by atoms with E-state index < -0.39 is 12.0 Å². The fraction of sp³-hybridized carbons (Fsp3) is 0.692. The normalized spacial score (nSPS) is 11.8. The summed E-state index contributed by atoms with van der Waals surface area (Å²) in [7, 11) is 0. The summed E-state index contributed by atoms with van der Waals surface area (Å²) >= 11 is 1.74. The number of carboxylic acids is 1. The Kier molecular flexibility index (Phi) is 10.5. The van der Waals surface area contributed by atoms with Crippen LogP contribution in [0.1, 0.15) is 39.0 Å². The van der Waals surface area contributed by atoms with E-state index in [1.807, 2.05) is 6.08 Å². The van der Waals surface area contributed by atoms with E-state index in [0.29, 0.717) is 6.42 Å². The molecular formula is C13H23NO3S. The van der Waals surface area contributed by atoms with Crippen LogP contribution in [0.3, 0.4) is 0 Å². The number of unbranched alkanes of at least 4 members (excludes halogenated alkanes) is 3. The van der Waals surface area contributed by atoms with Crippen LogP contribution in [0.4, 0.5) is 0 Å². The molecule has 0 aromatic rings. The van der Waals surface area contributed by atoms with Gasteiger partial charge in [0.25, 0.3) is 0 Å². The predicted octanol–water partition coefficient (Wildman–Crippen LogP) is 2.45. The second kappa shape index (κ2) is 11.1. The zero-order valence-corrected chi connectivity index (χ0v) is 11.8. The van der Waals surface area contributed by atoms with Gasteiger partial charge >= 0.3 is 5.97 Å². The lowest BCUT2D eigenvalue weighted by Crippen LogP contribution is -2.39. The van der Waals surface area contributed by atoms with Crippen molar-refractivity contribution < 1.29 is 14.7 Å². The lowest BCUT2D eigenvalue weighted by Gasteiger charge is -2.12. The van der Waals surface area contributed by atoms with Crippen molar-refractivity contribution in [2.45, 2.75) is 45.1 Å². The van der Waals surface area contributed by atoms with Gasteiger partial charge in [0.15, 0.2) is 0 Å². The molecule has 0 rings (SSSR count). The minimum absolute atomic E-state index is 0.295. The van der Waals surface area contributed by atoms with Crippen LogP contribution in [0, 0.1) is 0 Å². The van der Waals surface area contributed by atoms with Crippen LogP contribution >= 0.6 is 11.8 Å². The highest BCUT2D eigenvalue weighted by molar-refractivity contribution is 7.99. The van der Waals surface area contributed by atoms with Crippen molar-refractivity contribution in [1.29, 1.82) is 0 Å². The lowest BCUT2D eigenvalue weighted by molar-refractivity contribution is -0.141. The van der Waals surface area contributed by atoms with E-state index in [2.05, 4.69) is 11.9 Å². The first kappa shape index (κ1) is 17.0. The number of nitrogens with one attached hydrogen (secondary N) is 1. The van der Waals surface area contributed by atoms with Gasteiger partial charge in [0.2, 0.25) is 5.91 Å². The maximum Gasteiger partial charge on any atom is 0.326 e. The molecule has 4 nitrogen and oxygen atoms in total. The molecule has 1 unspecified atom stereocenters. The Labute approximate surface area is 113 Å². The van der Waals surface area contributed by atoms with Crippen molar-refractivity contribution in [1.82, 2.24) is 5.32 Å². The summed E-state index contributed by atoms with van der Waals surface area (Å²) < 4.78 is 0. The Morgan fingerprint density at radius 2 is 2.06 bits per heavy atom. The highest BCUT2D eigenvalue weighted by Gasteiger charge is 2.17. The average Bonchev–Trinajstić information content (AvgIpc) is 2.30. The molecule has 0 saturated carbocycles. The van der Waals surface area contributed by atoms with Gasteiger partial charge < -0.3 is 10.4 Å². The Balaban J connectivity index is 3.52. The Hall–Kier alpha value is -0.970. The summed E-state index contributed by atoms with van der Waals surface area (Å²) in [5.74, 6) is 0.552. The Morgan fingerprint density at radius 1 is 1.33 bits per heavy atom. The van der Waals surface area contributed by atoms with Crippen LogP contribution in [0.5, 0.6) is 0 Å². The summed E-state index contributed by atoms with van der Waals surface area (Å²) in [5.41, 5.74) is 0. The molecule has 1 atom stereocenters. The number of carboxylic acid groups (broad SMARTS) is 1. The van der Waals surface area contributed by atoms with Crippen molar-refractivity contribution in [3.8, 4) is 0 Å². The van der Waals surface area contributed by atoms with Gasteiger partial charge in [0, 0.05) is 6.92 Å². The molecule has 2 N–H and O–H groups in total. The molecule has 0 spiro atoms. The van der Waals surface area contributed by atoms with E-state index in [-0.39, 0.29) is 5.91 Å². The number of rotatable bonds is 11.